The van der Waals surface area contributed by atoms with Crippen LogP contribution in [-0.4, -0.2) is 40.1 Å². The number of aromatic nitrogens is 2. The molecule has 0 amide bonds. The molecule has 20 heavy (non-hydrogen) atoms. The molecule has 1 fully saturated rings. The first-order chi connectivity index (χ1) is 9.77. The number of imidazole rings is 1. The van der Waals surface area contributed by atoms with E-state index in [1.165, 1.54) is 18.7 Å². The third-order valence-electron chi connectivity index (χ3n) is 5.08. The van der Waals surface area contributed by atoms with Gasteiger partial charge in [-0.2, -0.15) is 5.26 Å². The molecule has 0 radical (unpaired) electrons. The highest BCUT2D eigenvalue weighted by molar-refractivity contribution is 5.13. The standard InChI is InChI=1S/C15H23N5/c1-17-15(12-16)5-2-3-13(15)4-7-19-9-10-20-8-6-18-14(20)11-19/h6,8,13,17H,2-5,7,9-11H2,1H3. The second-order valence-electron chi connectivity index (χ2n) is 6.02. The molecule has 3 rings (SSSR count). The van der Waals surface area contributed by atoms with Gasteiger partial charge in [-0.3, -0.25) is 4.90 Å². The van der Waals surface area contributed by atoms with Crippen molar-refractivity contribution in [3.63, 3.8) is 0 Å². The highest BCUT2D eigenvalue weighted by Crippen LogP contribution is 2.37. The number of fused-ring (bicyclic) bond motifs is 1. The Hall–Kier alpha value is -1.38. The lowest BCUT2D eigenvalue weighted by molar-refractivity contribution is 0.189. The van der Waals surface area contributed by atoms with Gasteiger partial charge in [0.1, 0.15) is 11.4 Å². The second kappa shape index (κ2) is 5.55. The zero-order valence-corrected chi connectivity index (χ0v) is 12.2. The van der Waals surface area contributed by atoms with Crippen molar-refractivity contribution < 1.29 is 0 Å². The van der Waals surface area contributed by atoms with E-state index in [9.17, 15) is 5.26 Å². The summed E-state index contributed by atoms with van der Waals surface area (Å²) >= 11 is 0. The smallest absolute Gasteiger partial charge is 0.122 e. The maximum Gasteiger partial charge on any atom is 0.122 e. The Morgan fingerprint density at radius 2 is 2.45 bits per heavy atom. The van der Waals surface area contributed by atoms with Crippen molar-refractivity contribution in [3.8, 4) is 6.07 Å². The topological polar surface area (TPSA) is 56.9 Å². The summed E-state index contributed by atoms with van der Waals surface area (Å²) in [5, 5.41) is 12.8. The molecule has 5 heteroatoms. The van der Waals surface area contributed by atoms with Gasteiger partial charge in [0.05, 0.1) is 12.6 Å². The minimum atomic E-state index is -0.283. The first-order valence-corrected chi connectivity index (χ1v) is 7.60. The fourth-order valence-electron chi connectivity index (χ4n) is 3.75. The van der Waals surface area contributed by atoms with Crippen LogP contribution >= 0.6 is 0 Å². The van der Waals surface area contributed by atoms with E-state index in [0.29, 0.717) is 5.92 Å². The molecular weight excluding hydrogens is 250 g/mol. The number of nitriles is 1. The second-order valence-corrected chi connectivity index (χ2v) is 6.02. The SMILES string of the molecule is CNC1(C#N)CCCC1CCN1CCn2ccnc2C1. The third kappa shape index (κ3) is 2.34. The molecule has 2 aliphatic rings. The Labute approximate surface area is 120 Å². The van der Waals surface area contributed by atoms with E-state index in [1.54, 1.807) is 0 Å². The number of nitrogens with one attached hydrogen (secondary N) is 1. The molecule has 1 aliphatic heterocycles. The molecule has 2 atom stereocenters. The number of hydrogen-bond donors (Lipinski definition) is 1. The Morgan fingerprint density at radius 3 is 3.25 bits per heavy atom. The summed E-state index contributed by atoms with van der Waals surface area (Å²) in [4.78, 5) is 6.87. The molecular formula is C15H23N5. The zero-order chi connectivity index (χ0) is 14.0. The van der Waals surface area contributed by atoms with Crippen molar-refractivity contribution in [2.24, 2.45) is 5.92 Å². The Balaban J connectivity index is 1.57. The van der Waals surface area contributed by atoms with Crippen molar-refractivity contribution in [1.82, 2.24) is 19.8 Å². The Kier molecular flexibility index (Phi) is 3.77. The predicted molar refractivity (Wildman–Crippen MR) is 76.9 cm³/mol. The monoisotopic (exact) mass is 273 g/mol. The van der Waals surface area contributed by atoms with Gasteiger partial charge >= 0.3 is 0 Å². The minimum absolute atomic E-state index is 0.283. The molecule has 0 bridgehead atoms. The van der Waals surface area contributed by atoms with Crippen LogP contribution in [0.15, 0.2) is 12.4 Å². The summed E-state index contributed by atoms with van der Waals surface area (Å²) in [6.07, 6.45) is 8.40. The lowest BCUT2D eigenvalue weighted by atomic mass is 9.86. The quantitative estimate of drug-likeness (QED) is 0.900. The third-order valence-corrected chi connectivity index (χ3v) is 5.08. The van der Waals surface area contributed by atoms with Crippen LogP contribution < -0.4 is 5.32 Å². The summed E-state index contributed by atoms with van der Waals surface area (Å²) in [5.41, 5.74) is -0.283. The molecule has 1 aromatic heterocycles. The van der Waals surface area contributed by atoms with Crippen LogP contribution in [-0.2, 0) is 13.1 Å². The minimum Gasteiger partial charge on any atom is -0.333 e. The lowest BCUT2D eigenvalue weighted by Crippen LogP contribution is -2.46. The average molecular weight is 273 g/mol. The largest absolute Gasteiger partial charge is 0.333 e. The van der Waals surface area contributed by atoms with Gasteiger partial charge in [0.2, 0.25) is 0 Å². The van der Waals surface area contributed by atoms with E-state index in [-0.39, 0.29) is 5.54 Å². The van der Waals surface area contributed by atoms with E-state index < -0.39 is 0 Å². The lowest BCUT2D eigenvalue weighted by Gasteiger charge is -2.32. The Bertz CT molecular complexity index is 503. The summed E-state index contributed by atoms with van der Waals surface area (Å²) in [6.45, 7) is 4.14. The van der Waals surface area contributed by atoms with Gasteiger partial charge in [0, 0.05) is 25.5 Å². The van der Waals surface area contributed by atoms with Crippen LogP contribution in [0.25, 0.3) is 0 Å². The van der Waals surface area contributed by atoms with Crippen LogP contribution in [0, 0.1) is 17.2 Å². The molecule has 1 N–H and O–H groups in total. The van der Waals surface area contributed by atoms with Gasteiger partial charge in [-0.25, -0.2) is 4.98 Å². The van der Waals surface area contributed by atoms with Crippen LogP contribution in [0.5, 0.6) is 0 Å². The number of nitrogens with zero attached hydrogens (tertiary/aromatic N) is 4. The molecule has 0 aromatic carbocycles. The van der Waals surface area contributed by atoms with Gasteiger partial charge < -0.3 is 9.88 Å². The molecule has 108 valence electrons. The van der Waals surface area contributed by atoms with Crippen molar-refractivity contribution >= 4 is 0 Å². The van der Waals surface area contributed by atoms with Crippen molar-refractivity contribution in [2.45, 2.75) is 44.3 Å². The fourth-order valence-corrected chi connectivity index (χ4v) is 3.75. The summed E-state index contributed by atoms with van der Waals surface area (Å²) < 4.78 is 2.24. The van der Waals surface area contributed by atoms with Crippen molar-refractivity contribution in [2.75, 3.05) is 20.1 Å². The predicted octanol–water partition coefficient (Wildman–Crippen LogP) is 1.37. The van der Waals surface area contributed by atoms with Crippen molar-refractivity contribution in [1.29, 1.82) is 5.26 Å². The van der Waals surface area contributed by atoms with Gasteiger partial charge in [0.25, 0.3) is 0 Å². The maximum atomic E-state index is 9.49. The van der Waals surface area contributed by atoms with Gasteiger partial charge in [-0.15, -0.1) is 0 Å². The first kappa shape index (κ1) is 13.6. The van der Waals surface area contributed by atoms with Gasteiger partial charge in [0.15, 0.2) is 0 Å². The maximum absolute atomic E-state index is 9.49. The number of hydrogen-bond acceptors (Lipinski definition) is 4. The molecule has 1 aromatic rings. The van der Waals surface area contributed by atoms with Crippen LogP contribution in [0.4, 0.5) is 0 Å². The van der Waals surface area contributed by atoms with E-state index in [2.05, 4.69) is 32.0 Å². The van der Waals surface area contributed by atoms with Crippen molar-refractivity contribution in [3.05, 3.63) is 18.2 Å². The fraction of sp³-hybridized carbons (Fsp3) is 0.733. The molecule has 0 spiro atoms. The molecule has 1 aliphatic carbocycles. The molecule has 2 heterocycles. The average Bonchev–Trinajstić information content (AvgIpc) is 3.11. The first-order valence-electron chi connectivity index (χ1n) is 7.60. The molecule has 2 unspecified atom stereocenters. The summed E-state index contributed by atoms with van der Waals surface area (Å²) in [7, 11) is 1.93. The van der Waals surface area contributed by atoms with E-state index in [0.717, 1.165) is 39.0 Å². The zero-order valence-electron chi connectivity index (χ0n) is 12.2. The van der Waals surface area contributed by atoms with Gasteiger partial charge in [-0.05, 0) is 38.8 Å². The summed E-state index contributed by atoms with van der Waals surface area (Å²) in [6, 6.07) is 2.53. The molecule has 5 nitrogen and oxygen atoms in total. The van der Waals surface area contributed by atoms with Crippen LogP contribution in [0.2, 0.25) is 0 Å². The number of rotatable bonds is 4. The highest BCUT2D eigenvalue weighted by Gasteiger charge is 2.41. The Morgan fingerprint density at radius 1 is 1.55 bits per heavy atom. The van der Waals surface area contributed by atoms with Crippen LogP contribution in [0.1, 0.15) is 31.5 Å². The van der Waals surface area contributed by atoms with E-state index in [4.69, 9.17) is 0 Å². The summed E-state index contributed by atoms with van der Waals surface area (Å²) in [5.74, 6) is 1.65. The molecule has 0 saturated heterocycles. The normalized spacial score (nSPS) is 30.1. The van der Waals surface area contributed by atoms with E-state index in [1.807, 2.05) is 13.2 Å². The molecule has 1 saturated carbocycles. The van der Waals surface area contributed by atoms with E-state index >= 15 is 0 Å². The van der Waals surface area contributed by atoms with Gasteiger partial charge in [-0.1, -0.05) is 6.42 Å². The van der Waals surface area contributed by atoms with Crippen LogP contribution in [0.3, 0.4) is 0 Å². The highest BCUT2D eigenvalue weighted by atomic mass is 15.2.